The highest BCUT2D eigenvalue weighted by Crippen LogP contribution is 2.30. The molecule has 1 aliphatic heterocycles. The summed E-state index contributed by atoms with van der Waals surface area (Å²) in [7, 11) is 0. The van der Waals surface area contributed by atoms with Gasteiger partial charge < -0.3 is 10.0 Å². The van der Waals surface area contributed by atoms with E-state index in [0.29, 0.717) is 23.1 Å². The molecular weight excluding hydrogens is 309 g/mol. The van der Waals surface area contributed by atoms with E-state index in [1.54, 1.807) is 6.07 Å². The molecule has 0 aromatic heterocycles. The lowest BCUT2D eigenvalue weighted by atomic mass is 9.95. The Morgan fingerprint density at radius 3 is 2.38 bits per heavy atom. The van der Waals surface area contributed by atoms with Gasteiger partial charge in [0.15, 0.2) is 0 Å². The van der Waals surface area contributed by atoms with Gasteiger partial charge in [0, 0.05) is 23.1 Å². The number of hydrogen-bond donors (Lipinski definition) is 1. The summed E-state index contributed by atoms with van der Waals surface area (Å²) in [5.41, 5.74) is 4.25. The van der Waals surface area contributed by atoms with Crippen LogP contribution in [-0.4, -0.2) is 22.6 Å². The van der Waals surface area contributed by atoms with E-state index in [-0.39, 0.29) is 0 Å². The van der Waals surface area contributed by atoms with Crippen molar-refractivity contribution in [3.63, 3.8) is 0 Å². The maximum Gasteiger partial charge on any atom is 0.407 e. The number of benzene rings is 2. The minimum atomic E-state index is -0.869. The molecule has 0 aliphatic carbocycles. The van der Waals surface area contributed by atoms with Gasteiger partial charge in [-0.05, 0) is 46.9 Å². The summed E-state index contributed by atoms with van der Waals surface area (Å²) in [5, 5.41) is 10.3. The monoisotopic (exact) mass is 321 g/mol. The van der Waals surface area contributed by atoms with Crippen molar-refractivity contribution in [2.24, 2.45) is 0 Å². The molecule has 1 heterocycles. The van der Waals surface area contributed by atoms with E-state index < -0.39 is 6.09 Å². The first kappa shape index (κ1) is 14.2. The molecule has 0 saturated carbocycles. The van der Waals surface area contributed by atoms with Gasteiger partial charge in [0.25, 0.3) is 0 Å². The molecule has 108 valence electrons. The van der Waals surface area contributed by atoms with Crippen molar-refractivity contribution in [2.75, 3.05) is 6.54 Å². The molecular formula is C16H13Cl2NO2. The first-order valence-corrected chi connectivity index (χ1v) is 7.34. The third-order valence-electron chi connectivity index (χ3n) is 3.68. The van der Waals surface area contributed by atoms with Gasteiger partial charge in [-0.25, -0.2) is 4.79 Å². The molecule has 1 amide bonds. The summed E-state index contributed by atoms with van der Waals surface area (Å²) in [4.78, 5) is 12.5. The Kier molecular flexibility index (Phi) is 3.79. The quantitative estimate of drug-likeness (QED) is 0.827. The highest BCUT2D eigenvalue weighted by Gasteiger charge is 2.20. The van der Waals surface area contributed by atoms with Crippen LogP contribution >= 0.6 is 23.2 Å². The summed E-state index contributed by atoms with van der Waals surface area (Å²) in [6.45, 7) is 0.976. The lowest BCUT2D eigenvalue weighted by Gasteiger charge is -2.26. The van der Waals surface area contributed by atoms with Gasteiger partial charge in [-0.1, -0.05) is 41.4 Å². The topological polar surface area (TPSA) is 40.5 Å². The maximum absolute atomic E-state index is 11.0. The normalized spacial score (nSPS) is 13.9. The summed E-state index contributed by atoms with van der Waals surface area (Å²) in [6.07, 6.45) is -0.143. The number of hydrogen-bond acceptors (Lipinski definition) is 1. The third-order valence-corrected chi connectivity index (χ3v) is 4.12. The summed E-state index contributed by atoms with van der Waals surface area (Å²) >= 11 is 12.1. The second kappa shape index (κ2) is 5.58. The van der Waals surface area contributed by atoms with E-state index in [2.05, 4.69) is 6.07 Å². The van der Waals surface area contributed by atoms with Gasteiger partial charge in [-0.3, -0.25) is 0 Å². The Balaban J connectivity index is 1.95. The van der Waals surface area contributed by atoms with Crippen molar-refractivity contribution < 1.29 is 9.90 Å². The molecule has 0 unspecified atom stereocenters. The first-order chi connectivity index (χ1) is 10.0. The Labute approximate surface area is 132 Å². The number of halogens is 2. The van der Waals surface area contributed by atoms with E-state index in [4.69, 9.17) is 28.3 Å². The van der Waals surface area contributed by atoms with E-state index >= 15 is 0 Å². The van der Waals surface area contributed by atoms with Crippen LogP contribution in [0, 0.1) is 0 Å². The molecule has 2 aromatic rings. The van der Waals surface area contributed by atoms with Crippen LogP contribution in [0.15, 0.2) is 36.4 Å². The highest BCUT2D eigenvalue weighted by atomic mass is 35.5. The smallest absolute Gasteiger partial charge is 0.407 e. The highest BCUT2D eigenvalue weighted by molar-refractivity contribution is 6.35. The average molecular weight is 322 g/mol. The molecule has 3 nitrogen and oxygen atoms in total. The maximum atomic E-state index is 11.0. The molecule has 5 heteroatoms. The number of rotatable bonds is 1. The fourth-order valence-corrected chi connectivity index (χ4v) is 3.14. The number of carboxylic acid groups (broad SMARTS) is 1. The van der Waals surface area contributed by atoms with Gasteiger partial charge in [0.2, 0.25) is 0 Å². The molecule has 0 atom stereocenters. The van der Waals surface area contributed by atoms with Crippen LogP contribution in [0.2, 0.25) is 10.0 Å². The fraction of sp³-hybridized carbons (Fsp3) is 0.188. The summed E-state index contributed by atoms with van der Waals surface area (Å²) in [5.74, 6) is 0. The van der Waals surface area contributed by atoms with Crippen LogP contribution in [0.1, 0.15) is 11.1 Å². The molecule has 0 radical (unpaired) electrons. The SMILES string of the molecule is O=C(O)N1CCc2cc(-c3cc(Cl)cc(Cl)c3)ccc2C1. The zero-order valence-corrected chi connectivity index (χ0v) is 12.7. The van der Waals surface area contributed by atoms with Crippen LogP contribution in [0.4, 0.5) is 4.79 Å². The van der Waals surface area contributed by atoms with Crippen molar-refractivity contribution in [3.8, 4) is 11.1 Å². The molecule has 0 spiro atoms. The second-order valence-electron chi connectivity index (χ2n) is 5.10. The largest absolute Gasteiger partial charge is 0.465 e. The van der Waals surface area contributed by atoms with Gasteiger partial charge in [-0.2, -0.15) is 0 Å². The Hall–Kier alpha value is -1.71. The molecule has 3 rings (SSSR count). The fourth-order valence-electron chi connectivity index (χ4n) is 2.62. The molecule has 0 bridgehead atoms. The first-order valence-electron chi connectivity index (χ1n) is 6.59. The van der Waals surface area contributed by atoms with Crippen molar-refractivity contribution in [1.82, 2.24) is 4.90 Å². The molecule has 1 aliphatic rings. The minimum Gasteiger partial charge on any atom is -0.465 e. The molecule has 2 aromatic carbocycles. The summed E-state index contributed by atoms with van der Waals surface area (Å²) in [6, 6.07) is 11.5. The zero-order chi connectivity index (χ0) is 15.0. The van der Waals surface area contributed by atoms with Crippen LogP contribution in [0.5, 0.6) is 0 Å². The lowest BCUT2D eigenvalue weighted by molar-refractivity contribution is 0.140. The standard InChI is InChI=1S/C16H13Cl2NO2/c17-14-6-13(7-15(18)8-14)10-1-2-12-9-19(16(20)21)4-3-11(12)5-10/h1-2,5-8H,3-4,9H2,(H,20,21). The second-order valence-corrected chi connectivity index (χ2v) is 5.97. The van der Waals surface area contributed by atoms with Crippen molar-refractivity contribution in [3.05, 3.63) is 57.6 Å². The van der Waals surface area contributed by atoms with Crippen LogP contribution < -0.4 is 0 Å². The van der Waals surface area contributed by atoms with E-state index in [1.165, 1.54) is 10.5 Å². The van der Waals surface area contributed by atoms with E-state index in [9.17, 15) is 4.79 Å². The molecule has 0 fully saturated rings. The number of carbonyl (C=O) groups is 1. The average Bonchev–Trinajstić information content (AvgIpc) is 2.45. The molecule has 0 saturated heterocycles. The zero-order valence-electron chi connectivity index (χ0n) is 11.1. The van der Waals surface area contributed by atoms with E-state index in [1.807, 2.05) is 24.3 Å². The van der Waals surface area contributed by atoms with Crippen molar-refractivity contribution >= 4 is 29.3 Å². The predicted molar refractivity (Wildman–Crippen MR) is 84.0 cm³/mol. The van der Waals surface area contributed by atoms with Gasteiger partial charge in [-0.15, -0.1) is 0 Å². The van der Waals surface area contributed by atoms with Gasteiger partial charge in [0.05, 0.1) is 0 Å². The number of fused-ring (bicyclic) bond motifs is 1. The van der Waals surface area contributed by atoms with Crippen LogP contribution in [-0.2, 0) is 13.0 Å². The number of nitrogens with zero attached hydrogens (tertiary/aromatic N) is 1. The van der Waals surface area contributed by atoms with Gasteiger partial charge >= 0.3 is 6.09 Å². The Morgan fingerprint density at radius 2 is 1.71 bits per heavy atom. The van der Waals surface area contributed by atoms with Crippen LogP contribution in [0.25, 0.3) is 11.1 Å². The Bertz CT molecular complexity index is 695. The van der Waals surface area contributed by atoms with Crippen molar-refractivity contribution in [2.45, 2.75) is 13.0 Å². The molecule has 1 N–H and O–H groups in total. The van der Waals surface area contributed by atoms with Gasteiger partial charge in [0.1, 0.15) is 0 Å². The Morgan fingerprint density at radius 1 is 1.00 bits per heavy atom. The minimum absolute atomic E-state index is 0.446. The van der Waals surface area contributed by atoms with Crippen LogP contribution in [0.3, 0.4) is 0 Å². The predicted octanol–water partition coefficient (Wildman–Crippen LogP) is 4.70. The summed E-state index contributed by atoms with van der Waals surface area (Å²) < 4.78 is 0. The third kappa shape index (κ3) is 2.99. The number of amides is 1. The lowest BCUT2D eigenvalue weighted by Crippen LogP contribution is -2.34. The molecule has 21 heavy (non-hydrogen) atoms. The van der Waals surface area contributed by atoms with Crippen molar-refractivity contribution in [1.29, 1.82) is 0 Å². The van der Waals surface area contributed by atoms with E-state index in [0.717, 1.165) is 23.1 Å².